The molecule has 2 rings (SSSR count). The van der Waals surface area contributed by atoms with Gasteiger partial charge in [0.1, 0.15) is 0 Å². The van der Waals surface area contributed by atoms with Gasteiger partial charge in [0.15, 0.2) is 0 Å². The molecular formula is C16H27N3O. The number of hydrogen-bond acceptors (Lipinski definition) is 3. The van der Waals surface area contributed by atoms with Crippen molar-refractivity contribution in [3.05, 3.63) is 0 Å². The van der Waals surface area contributed by atoms with Crippen LogP contribution in [0.4, 0.5) is 0 Å². The Morgan fingerprint density at radius 3 is 2.50 bits per heavy atom. The molecule has 112 valence electrons. The highest BCUT2D eigenvalue weighted by Gasteiger charge is 2.26. The van der Waals surface area contributed by atoms with Crippen LogP contribution >= 0.6 is 0 Å². The summed E-state index contributed by atoms with van der Waals surface area (Å²) in [6.07, 6.45) is 8.32. The average molecular weight is 277 g/mol. The van der Waals surface area contributed by atoms with E-state index in [0.717, 1.165) is 32.5 Å². The summed E-state index contributed by atoms with van der Waals surface area (Å²) in [6.45, 7) is 4.58. The first-order chi connectivity index (χ1) is 9.70. The van der Waals surface area contributed by atoms with Gasteiger partial charge in [-0.05, 0) is 38.5 Å². The summed E-state index contributed by atoms with van der Waals surface area (Å²) in [5.41, 5.74) is 0. The fourth-order valence-electron chi connectivity index (χ4n) is 3.37. The minimum absolute atomic E-state index is 0.0572. The first-order valence-corrected chi connectivity index (χ1v) is 8.12. The van der Waals surface area contributed by atoms with Crippen LogP contribution in [0, 0.1) is 23.2 Å². The van der Waals surface area contributed by atoms with Crippen molar-refractivity contribution < 1.29 is 4.79 Å². The molecule has 1 aliphatic heterocycles. The quantitative estimate of drug-likeness (QED) is 0.858. The van der Waals surface area contributed by atoms with Crippen LogP contribution in [0.25, 0.3) is 0 Å². The number of piperidine rings is 1. The van der Waals surface area contributed by atoms with Crippen LogP contribution in [0.3, 0.4) is 0 Å². The van der Waals surface area contributed by atoms with Crippen molar-refractivity contribution in [3.8, 4) is 6.07 Å². The highest BCUT2D eigenvalue weighted by molar-refractivity contribution is 5.81. The molecule has 1 saturated carbocycles. The number of carbonyl (C=O) groups is 1. The molecule has 1 atom stereocenters. The number of nitrogens with one attached hydrogen (secondary N) is 1. The first kappa shape index (κ1) is 15.3. The Hall–Kier alpha value is -1.08. The molecule has 1 saturated heterocycles. The minimum atomic E-state index is -0.0572. The van der Waals surface area contributed by atoms with Gasteiger partial charge in [0.2, 0.25) is 5.91 Å². The van der Waals surface area contributed by atoms with E-state index in [9.17, 15) is 4.79 Å². The van der Waals surface area contributed by atoms with Crippen LogP contribution in [-0.4, -0.2) is 36.5 Å². The second-order valence-electron chi connectivity index (χ2n) is 6.36. The summed E-state index contributed by atoms with van der Waals surface area (Å²) in [6, 6.07) is 2.28. The fourth-order valence-corrected chi connectivity index (χ4v) is 3.37. The molecule has 0 radical (unpaired) electrons. The van der Waals surface area contributed by atoms with Crippen molar-refractivity contribution in [2.75, 3.05) is 19.6 Å². The van der Waals surface area contributed by atoms with Crippen LogP contribution in [0.2, 0.25) is 0 Å². The monoisotopic (exact) mass is 277 g/mol. The Bertz CT molecular complexity index is 349. The highest BCUT2D eigenvalue weighted by atomic mass is 16.2. The molecule has 0 aromatic heterocycles. The van der Waals surface area contributed by atoms with E-state index >= 15 is 0 Å². The Balaban J connectivity index is 1.70. The van der Waals surface area contributed by atoms with Crippen molar-refractivity contribution in [1.82, 2.24) is 10.2 Å². The van der Waals surface area contributed by atoms with Crippen LogP contribution in [0.1, 0.15) is 51.9 Å². The predicted molar refractivity (Wildman–Crippen MR) is 79.0 cm³/mol. The van der Waals surface area contributed by atoms with Gasteiger partial charge in [-0.1, -0.05) is 19.3 Å². The van der Waals surface area contributed by atoms with E-state index in [1.54, 1.807) is 0 Å². The van der Waals surface area contributed by atoms with Crippen LogP contribution in [0.15, 0.2) is 0 Å². The summed E-state index contributed by atoms with van der Waals surface area (Å²) < 4.78 is 0. The van der Waals surface area contributed by atoms with Gasteiger partial charge in [0.25, 0.3) is 0 Å². The number of amides is 1. The van der Waals surface area contributed by atoms with E-state index < -0.39 is 0 Å². The molecule has 4 heteroatoms. The van der Waals surface area contributed by atoms with Crippen molar-refractivity contribution >= 4 is 5.91 Å². The number of hydrogen-bond donors (Lipinski definition) is 1. The molecule has 1 heterocycles. The zero-order valence-corrected chi connectivity index (χ0v) is 12.6. The fraction of sp³-hybridized carbons (Fsp3) is 0.875. The van der Waals surface area contributed by atoms with Crippen molar-refractivity contribution in [1.29, 1.82) is 5.26 Å². The van der Waals surface area contributed by atoms with Gasteiger partial charge in [-0.25, -0.2) is 0 Å². The van der Waals surface area contributed by atoms with E-state index in [0.29, 0.717) is 5.92 Å². The van der Waals surface area contributed by atoms with Crippen LogP contribution in [0.5, 0.6) is 0 Å². The lowest BCUT2D eigenvalue weighted by Gasteiger charge is -2.33. The number of carbonyl (C=O) groups excluding carboxylic acids is 1. The molecule has 1 amide bonds. The molecule has 20 heavy (non-hydrogen) atoms. The van der Waals surface area contributed by atoms with Gasteiger partial charge in [-0.2, -0.15) is 5.26 Å². The molecule has 1 aliphatic carbocycles. The SMILES string of the molecule is CC(C(=O)NCC1CCCCC1)N1CCC(C#N)CC1. The van der Waals surface area contributed by atoms with Crippen molar-refractivity contribution in [2.45, 2.75) is 57.9 Å². The second kappa shape index (κ2) is 7.64. The highest BCUT2D eigenvalue weighted by Crippen LogP contribution is 2.23. The minimum Gasteiger partial charge on any atom is -0.354 e. The van der Waals surface area contributed by atoms with Crippen LogP contribution < -0.4 is 5.32 Å². The molecule has 2 aliphatic rings. The standard InChI is InChI=1S/C16H27N3O/c1-13(19-9-7-14(11-17)8-10-19)16(20)18-12-15-5-3-2-4-6-15/h13-15H,2-10,12H2,1H3,(H,18,20). The number of nitriles is 1. The molecule has 0 bridgehead atoms. The summed E-state index contributed by atoms with van der Waals surface area (Å²) in [5, 5.41) is 12.0. The van der Waals surface area contributed by atoms with E-state index in [-0.39, 0.29) is 17.9 Å². The Morgan fingerprint density at radius 2 is 1.90 bits per heavy atom. The normalized spacial score (nSPS) is 24.0. The maximum atomic E-state index is 12.2. The van der Waals surface area contributed by atoms with Gasteiger partial charge in [0.05, 0.1) is 12.1 Å². The molecule has 0 aromatic carbocycles. The Labute approximate surface area is 122 Å². The predicted octanol–water partition coefficient (Wildman–Crippen LogP) is 2.31. The molecule has 1 N–H and O–H groups in total. The van der Waals surface area contributed by atoms with Gasteiger partial charge >= 0.3 is 0 Å². The van der Waals surface area contributed by atoms with Gasteiger partial charge in [0, 0.05) is 25.6 Å². The van der Waals surface area contributed by atoms with Crippen LogP contribution in [-0.2, 0) is 4.79 Å². The maximum Gasteiger partial charge on any atom is 0.237 e. The van der Waals surface area contributed by atoms with Gasteiger partial charge < -0.3 is 5.32 Å². The molecule has 0 aromatic rings. The van der Waals surface area contributed by atoms with Crippen molar-refractivity contribution in [3.63, 3.8) is 0 Å². The Morgan fingerprint density at radius 1 is 1.25 bits per heavy atom. The average Bonchev–Trinajstić information content (AvgIpc) is 2.53. The lowest BCUT2D eigenvalue weighted by molar-refractivity contribution is -0.126. The van der Waals surface area contributed by atoms with Gasteiger partial charge in [-0.15, -0.1) is 0 Å². The summed E-state index contributed by atoms with van der Waals surface area (Å²) in [5.74, 6) is 1.03. The van der Waals surface area contributed by atoms with E-state index in [2.05, 4.69) is 16.3 Å². The lowest BCUT2D eigenvalue weighted by Crippen LogP contribution is -2.49. The molecule has 4 nitrogen and oxygen atoms in total. The third-order valence-corrected chi connectivity index (χ3v) is 4.93. The zero-order valence-electron chi connectivity index (χ0n) is 12.6. The lowest BCUT2D eigenvalue weighted by atomic mass is 9.89. The molecule has 2 fully saturated rings. The second-order valence-corrected chi connectivity index (χ2v) is 6.36. The third-order valence-electron chi connectivity index (χ3n) is 4.93. The number of likely N-dealkylation sites (tertiary alicyclic amines) is 1. The third kappa shape index (κ3) is 4.21. The Kier molecular flexibility index (Phi) is 5.85. The summed E-state index contributed by atoms with van der Waals surface area (Å²) >= 11 is 0. The topological polar surface area (TPSA) is 56.1 Å². The number of rotatable bonds is 4. The molecular weight excluding hydrogens is 250 g/mol. The first-order valence-electron chi connectivity index (χ1n) is 8.12. The maximum absolute atomic E-state index is 12.2. The summed E-state index contributed by atoms with van der Waals surface area (Å²) in [4.78, 5) is 14.4. The summed E-state index contributed by atoms with van der Waals surface area (Å²) in [7, 11) is 0. The van der Waals surface area contributed by atoms with Crippen molar-refractivity contribution in [2.24, 2.45) is 11.8 Å². The number of nitrogens with zero attached hydrogens (tertiary/aromatic N) is 2. The van der Waals surface area contributed by atoms with E-state index in [1.165, 1.54) is 32.1 Å². The van der Waals surface area contributed by atoms with Gasteiger partial charge in [-0.3, -0.25) is 9.69 Å². The smallest absolute Gasteiger partial charge is 0.237 e. The van der Waals surface area contributed by atoms with E-state index in [4.69, 9.17) is 5.26 Å². The van der Waals surface area contributed by atoms with E-state index in [1.807, 2.05) is 6.92 Å². The largest absolute Gasteiger partial charge is 0.354 e. The molecule has 0 spiro atoms. The molecule has 1 unspecified atom stereocenters. The zero-order chi connectivity index (χ0) is 14.4.